The average Bonchev–Trinajstić information content (AvgIpc) is 2.24. The topological polar surface area (TPSA) is 35.2 Å². The largest absolute Gasteiger partial charge is 0.381 e. The SMILES string of the molecule is CC1(C2(N)CCC(F)(F)CC2)CCOCC1. The van der Waals surface area contributed by atoms with Gasteiger partial charge in [0.2, 0.25) is 5.92 Å². The zero-order valence-electron chi connectivity index (χ0n) is 9.90. The molecule has 1 aliphatic carbocycles. The highest BCUT2D eigenvalue weighted by molar-refractivity contribution is 5.04. The molecule has 0 aromatic heterocycles. The Hall–Kier alpha value is -0.220. The number of ether oxygens (including phenoxy) is 1. The van der Waals surface area contributed by atoms with E-state index < -0.39 is 11.5 Å². The van der Waals surface area contributed by atoms with Crippen LogP contribution in [0.1, 0.15) is 45.4 Å². The Bertz CT molecular complexity index is 252. The molecule has 16 heavy (non-hydrogen) atoms. The minimum atomic E-state index is -2.50. The lowest BCUT2D eigenvalue weighted by molar-refractivity contribution is -0.0916. The van der Waals surface area contributed by atoms with Crippen LogP contribution in [0.25, 0.3) is 0 Å². The number of nitrogens with two attached hydrogens (primary N) is 1. The van der Waals surface area contributed by atoms with Gasteiger partial charge in [-0.3, -0.25) is 0 Å². The molecule has 2 N–H and O–H groups in total. The molecular formula is C12H21F2NO. The highest BCUT2D eigenvalue weighted by Crippen LogP contribution is 2.49. The Labute approximate surface area is 95.5 Å². The van der Waals surface area contributed by atoms with Crippen LogP contribution in [0.4, 0.5) is 8.78 Å². The molecule has 1 aliphatic heterocycles. The van der Waals surface area contributed by atoms with E-state index in [0.29, 0.717) is 26.1 Å². The van der Waals surface area contributed by atoms with Crippen LogP contribution in [0, 0.1) is 5.41 Å². The van der Waals surface area contributed by atoms with Gasteiger partial charge < -0.3 is 10.5 Å². The molecule has 0 amide bonds. The Morgan fingerprint density at radius 1 is 0.938 bits per heavy atom. The van der Waals surface area contributed by atoms with Crippen molar-refractivity contribution in [3.05, 3.63) is 0 Å². The molecule has 0 bridgehead atoms. The van der Waals surface area contributed by atoms with Crippen LogP contribution >= 0.6 is 0 Å². The predicted octanol–water partition coefficient (Wildman–Crippen LogP) is 2.71. The van der Waals surface area contributed by atoms with Crippen molar-refractivity contribution >= 4 is 0 Å². The van der Waals surface area contributed by atoms with Gasteiger partial charge in [-0.25, -0.2) is 8.78 Å². The van der Waals surface area contributed by atoms with Gasteiger partial charge in [-0.1, -0.05) is 6.92 Å². The molecule has 94 valence electrons. The van der Waals surface area contributed by atoms with Crippen molar-refractivity contribution in [3.8, 4) is 0 Å². The van der Waals surface area contributed by atoms with Gasteiger partial charge in [-0.15, -0.1) is 0 Å². The van der Waals surface area contributed by atoms with Gasteiger partial charge in [0.15, 0.2) is 0 Å². The fourth-order valence-electron chi connectivity index (χ4n) is 2.99. The van der Waals surface area contributed by atoms with Crippen molar-refractivity contribution in [1.82, 2.24) is 0 Å². The maximum Gasteiger partial charge on any atom is 0.248 e. The molecule has 0 aromatic carbocycles. The highest BCUT2D eigenvalue weighted by atomic mass is 19.3. The van der Waals surface area contributed by atoms with Crippen LogP contribution in [0.2, 0.25) is 0 Å². The van der Waals surface area contributed by atoms with Gasteiger partial charge in [0.1, 0.15) is 0 Å². The molecule has 1 saturated heterocycles. The molecule has 0 spiro atoms. The minimum absolute atomic E-state index is 0.0260. The minimum Gasteiger partial charge on any atom is -0.381 e. The lowest BCUT2D eigenvalue weighted by Crippen LogP contribution is -2.59. The van der Waals surface area contributed by atoms with E-state index in [1.54, 1.807) is 0 Å². The van der Waals surface area contributed by atoms with Crippen molar-refractivity contribution in [2.24, 2.45) is 11.1 Å². The van der Waals surface area contributed by atoms with Gasteiger partial charge >= 0.3 is 0 Å². The summed E-state index contributed by atoms with van der Waals surface area (Å²) in [6.07, 6.45) is 2.57. The predicted molar refractivity (Wildman–Crippen MR) is 58.5 cm³/mol. The van der Waals surface area contributed by atoms with Crippen molar-refractivity contribution in [1.29, 1.82) is 0 Å². The van der Waals surface area contributed by atoms with Crippen LogP contribution in [0.15, 0.2) is 0 Å². The van der Waals surface area contributed by atoms with E-state index in [0.717, 1.165) is 12.8 Å². The molecule has 1 saturated carbocycles. The molecule has 2 fully saturated rings. The summed E-state index contributed by atoms with van der Waals surface area (Å²) in [5.74, 6) is -2.50. The summed E-state index contributed by atoms with van der Waals surface area (Å²) in [7, 11) is 0. The van der Waals surface area contributed by atoms with Gasteiger partial charge in [-0.05, 0) is 31.1 Å². The summed E-state index contributed by atoms with van der Waals surface area (Å²) < 4.78 is 31.7. The summed E-state index contributed by atoms with van der Waals surface area (Å²) in [5, 5.41) is 0. The summed E-state index contributed by atoms with van der Waals surface area (Å²) in [6.45, 7) is 3.57. The molecule has 4 heteroatoms. The molecule has 2 aliphatic rings. The third-order valence-electron chi connectivity index (χ3n) is 4.67. The Kier molecular flexibility index (Phi) is 2.99. The molecule has 0 unspecified atom stereocenters. The van der Waals surface area contributed by atoms with E-state index in [1.165, 1.54) is 0 Å². The van der Waals surface area contributed by atoms with Crippen LogP contribution in [0.5, 0.6) is 0 Å². The first-order valence-electron chi connectivity index (χ1n) is 6.12. The average molecular weight is 233 g/mol. The van der Waals surface area contributed by atoms with Crippen LogP contribution in [-0.4, -0.2) is 24.7 Å². The molecule has 1 heterocycles. The molecule has 0 atom stereocenters. The van der Waals surface area contributed by atoms with Gasteiger partial charge in [0.25, 0.3) is 0 Å². The standard InChI is InChI=1S/C12H21F2NO/c1-10(6-8-16-9-7-10)11(15)2-4-12(13,14)5-3-11/h2-9,15H2,1H3. The summed E-state index contributed by atoms with van der Waals surface area (Å²) in [4.78, 5) is 0. The number of halogens is 2. The summed E-state index contributed by atoms with van der Waals surface area (Å²) >= 11 is 0. The second-order valence-corrected chi connectivity index (χ2v) is 5.69. The van der Waals surface area contributed by atoms with E-state index in [4.69, 9.17) is 10.5 Å². The second-order valence-electron chi connectivity index (χ2n) is 5.69. The zero-order chi connectivity index (χ0) is 11.9. The number of rotatable bonds is 1. The third-order valence-corrected chi connectivity index (χ3v) is 4.67. The first kappa shape index (κ1) is 12.2. The third kappa shape index (κ3) is 2.09. The molecule has 2 rings (SSSR count). The maximum atomic E-state index is 13.2. The Balaban J connectivity index is 2.07. The quantitative estimate of drug-likeness (QED) is 0.755. The first-order chi connectivity index (χ1) is 7.37. The smallest absolute Gasteiger partial charge is 0.248 e. The second kappa shape index (κ2) is 3.91. The lowest BCUT2D eigenvalue weighted by Gasteiger charge is -2.51. The Morgan fingerprint density at radius 2 is 1.44 bits per heavy atom. The van der Waals surface area contributed by atoms with Gasteiger partial charge in [0, 0.05) is 31.6 Å². The van der Waals surface area contributed by atoms with Gasteiger partial charge in [-0.2, -0.15) is 0 Å². The van der Waals surface area contributed by atoms with Crippen LogP contribution in [-0.2, 0) is 4.74 Å². The van der Waals surface area contributed by atoms with Crippen LogP contribution < -0.4 is 5.73 Å². The highest BCUT2D eigenvalue weighted by Gasteiger charge is 2.51. The zero-order valence-corrected chi connectivity index (χ0v) is 9.90. The van der Waals surface area contributed by atoms with Crippen molar-refractivity contribution in [3.63, 3.8) is 0 Å². The lowest BCUT2D eigenvalue weighted by atomic mass is 9.60. The van der Waals surface area contributed by atoms with Crippen LogP contribution in [0.3, 0.4) is 0 Å². The number of hydrogen-bond donors (Lipinski definition) is 1. The number of hydrogen-bond acceptors (Lipinski definition) is 2. The van der Waals surface area contributed by atoms with Crippen molar-refractivity contribution in [2.75, 3.05) is 13.2 Å². The summed E-state index contributed by atoms with van der Waals surface area (Å²) in [6, 6.07) is 0. The monoisotopic (exact) mass is 233 g/mol. The first-order valence-corrected chi connectivity index (χ1v) is 6.12. The van der Waals surface area contributed by atoms with E-state index in [-0.39, 0.29) is 18.3 Å². The molecule has 2 nitrogen and oxygen atoms in total. The Morgan fingerprint density at radius 3 is 1.94 bits per heavy atom. The summed E-state index contributed by atoms with van der Waals surface area (Å²) in [5.41, 5.74) is 5.96. The van der Waals surface area contributed by atoms with E-state index >= 15 is 0 Å². The van der Waals surface area contributed by atoms with E-state index in [1.807, 2.05) is 0 Å². The van der Waals surface area contributed by atoms with E-state index in [9.17, 15) is 8.78 Å². The molecular weight excluding hydrogens is 212 g/mol. The molecule has 0 aromatic rings. The number of alkyl halides is 2. The molecule has 0 radical (unpaired) electrons. The van der Waals surface area contributed by atoms with Crippen molar-refractivity contribution in [2.45, 2.75) is 56.9 Å². The normalized spacial score (nSPS) is 32.2. The maximum absolute atomic E-state index is 13.2. The van der Waals surface area contributed by atoms with Crippen molar-refractivity contribution < 1.29 is 13.5 Å². The fourth-order valence-corrected chi connectivity index (χ4v) is 2.99. The fraction of sp³-hybridized carbons (Fsp3) is 1.00. The van der Waals surface area contributed by atoms with E-state index in [2.05, 4.69) is 6.92 Å². The van der Waals surface area contributed by atoms with Gasteiger partial charge in [0.05, 0.1) is 0 Å².